The van der Waals surface area contributed by atoms with Crippen molar-refractivity contribution in [3.8, 4) is 0 Å². The smallest absolute Gasteiger partial charge is 0.150 e. The molecule has 3 rings (SSSR count). The third-order valence-electron chi connectivity index (χ3n) is 3.86. The second kappa shape index (κ2) is 3.23. The Morgan fingerprint density at radius 1 is 1.27 bits per heavy atom. The molecule has 2 N–H and O–H groups in total. The van der Waals surface area contributed by atoms with Gasteiger partial charge in [0.1, 0.15) is 5.82 Å². The van der Waals surface area contributed by atoms with Crippen molar-refractivity contribution in [2.75, 3.05) is 5.73 Å². The van der Waals surface area contributed by atoms with Crippen molar-refractivity contribution in [3.63, 3.8) is 0 Å². The van der Waals surface area contributed by atoms with Crippen molar-refractivity contribution in [1.29, 1.82) is 0 Å². The van der Waals surface area contributed by atoms with E-state index in [1.807, 2.05) is 11.7 Å². The Labute approximate surface area is 90.0 Å². The fraction of sp³-hybridized carbons (Fsp3) is 0.727. The molecule has 15 heavy (non-hydrogen) atoms. The van der Waals surface area contributed by atoms with Crippen LogP contribution in [0.1, 0.15) is 36.9 Å². The van der Waals surface area contributed by atoms with Crippen LogP contribution in [0.2, 0.25) is 0 Å². The molecule has 1 aliphatic carbocycles. The van der Waals surface area contributed by atoms with Crippen LogP contribution >= 0.6 is 0 Å². The minimum absolute atomic E-state index is 0.730. The molecule has 0 amide bonds. The third kappa shape index (κ3) is 1.35. The van der Waals surface area contributed by atoms with Gasteiger partial charge in [0.2, 0.25) is 0 Å². The Morgan fingerprint density at radius 2 is 2.00 bits per heavy atom. The highest BCUT2D eigenvalue weighted by Crippen LogP contribution is 2.33. The molecule has 0 bridgehead atoms. The van der Waals surface area contributed by atoms with Crippen molar-refractivity contribution < 1.29 is 0 Å². The molecule has 0 aromatic carbocycles. The summed E-state index contributed by atoms with van der Waals surface area (Å²) in [6, 6.07) is 0.789. The van der Waals surface area contributed by atoms with Crippen molar-refractivity contribution in [3.05, 3.63) is 11.3 Å². The van der Waals surface area contributed by atoms with Gasteiger partial charge in [-0.3, -0.25) is 9.58 Å². The van der Waals surface area contributed by atoms with Gasteiger partial charge in [0, 0.05) is 31.7 Å². The van der Waals surface area contributed by atoms with E-state index in [1.54, 1.807) is 0 Å². The highest BCUT2D eigenvalue weighted by Gasteiger charge is 2.31. The van der Waals surface area contributed by atoms with E-state index in [1.165, 1.54) is 36.9 Å². The summed E-state index contributed by atoms with van der Waals surface area (Å²) in [6.45, 7) is 2.06. The van der Waals surface area contributed by atoms with Crippen LogP contribution in [0.5, 0.6) is 0 Å². The standard InChI is InChI=1S/C11H18N4/c1-14-10-7-15(8-4-2-3-5-8)6-9(10)11(12)13-14/h8H,2-7H2,1H3,(H2,12,13). The fourth-order valence-electron chi connectivity index (χ4n) is 2.97. The number of aryl methyl sites for hydroxylation is 1. The van der Waals surface area contributed by atoms with Crippen LogP contribution in [0, 0.1) is 0 Å². The van der Waals surface area contributed by atoms with E-state index in [9.17, 15) is 0 Å². The Kier molecular flexibility index (Phi) is 1.99. The van der Waals surface area contributed by atoms with Gasteiger partial charge in [0.25, 0.3) is 0 Å². The maximum atomic E-state index is 5.90. The molecule has 4 heteroatoms. The number of aromatic nitrogens is 2. The number of nitrogens with two attached hydrogens (primary N) is 1. The maximum Gasteiger partial charge on any atom is 0.150 e. The van der Waals surface area contributed by atoms with Crippen molar-refractivity contribution in [2.24, 2.45) is 7.05 Å². The highest BCUT2D eigenvalue weighted by atomic mass is 15.3. The molecule has 82 valence electrons. The zero-order valence-electron chi connectivity index (χ0n) is 9.24. The minimum atomic E-state index is 0.730. The predicted octanol–water partition coefficient (Wildman–Crippen LogP) is 1.26. The van der Waals surface area contributed by atoms with E-state index in [4.69, 9.17) is 5.73 Å². The first-order valence-corrected chi connectivity index (χ1v) is 5.80. The molecule has 0 spiro atoms. The summed E-state index contributed by atoms with van der Waals surface area (Å²) in [7, 11) is 1.99. The lowest BCUT2D eigenvalue weighted by Crippen LogP contribution is -2.28. The SMILES string of the molecule is Cn1nc(N)c2c1CN(C1CCCC1)C2. The summed E-state index contributed by atoms with van der Waals surface area (Å²) in [5, 5.41) is 4.26. The van der Waals surface area contributed by atoms with Crippen molar-refractivity contribution in [2.45, 2.75) is 44.8 Å². The van der Waals surface area contributed by atoms with Crippen LogP contribution in [0.15, 0.2) is 0 Å². The predicted molar refractivity (Wildman–Crippen MR) is 59.1 cm³/mol. The van der Waals surface area contributed by atoms with Crippen LogP contribution in [0.4, 0.5) is 5.82 Å². The Morgan fingerprint density at radius 3 is 2.67 bits per heavy atom. The average Bonchev–Trinajstić information content (AvgIpc) is 2.88. The van der Waals surface area contributed by atoms with Crippen LogP contribution in [-0.2, 0) is 20.1 Å². The van der Waals surface area contributed by atoms with Gasteiger partial charge in [-0.25, -0.2) is 0 Å². The summed E-state index contributed by atoms with van der Waals surface area (Å²) < 4.78 is 1.94. The van der Waals surface area contributed by atoms with E-state index in [2.05, 4.69) is 10.00 Å². The van der Waals surface area contributed by atoms with E-state index in [-0.39, 0.29) is 0 Å². The number of nitrogen functional groups attached to an aromatic ring is 1. The molecule has 2 heterocycles. The number of nitrogens with zero attached hydrogens (tertiary/aromatic N) is 3. The molecule has 0 atom stereocenters. The molecule has 1 aliphatic heterocycles. The normalized spacial score (nSPS) is 22.5. The Hall–Kier alpha value is -1.03. The molecule has 1 aromatic heterocycles. The molecule has 1 fully saturated rings. The first-order chi connectivity index (χ1) is 7.25. The van der Waals surface area contributed by atoms with Gasteiger partial charge >= 0.3 is 0 Å². The fourth-order valence-corrected chi connectivity index (χ4v) is 2.97. The van der Waals surface area contributed by atoms with Gasteiger partial charge in [-0.1, -0.05) is 12.8 Å². The highest BCUT2D eigenvalue weighted by molar-refractivity contribution is 5.44. The lowest BCUT2D eigenvalue weighted by atomic mass is 10.2. The number of hydrogen-bond acceptors (Lipinski definition) is 3. The topological polar surface area (TPSA) is 47.1 Å². The summed E-state index contributed by atoms with van der Waals surface area (Å²) in [5.74, 6) is 0.730. The Bertz CT molecular complexity index is 350. The van der Waals surface area contributed by atoms with E-state index >= 15 is 0 Å². The average molecular weight is 206 g/mol. The summed E-state index contributed by atoms with van der Waals surface area (Å²) >= 11 is 0. The number of hydrogen-bond donors (Lipinski definition) is 1. The van der Waals surface area contributed by atoms with E-state index in [0.29, 0.717) is 0 Å². The molecule has 0 saturated heterocycles. The second-order valence-electron chi connectivity index (χ2n) is 4.78. The van der Waals surface area contributed by atoms with Gasteiger partial charge in [0.05, 0.1) is 5.69 Å². The molecule has 0 unspecified atom stereocenters. The van der Waals surface area contributed by atoms with Crippen LogP contribution in [0.25, 0.3) is 0 Å². The van der Waals surface area contributed by atoms with E-state index < -0.39 is 0 Å². The zero-order valence-corrected chi connectivity index (χ0v) is 9.24. The molecule has 1 saturated carbocycles. The third-order valence-corrected chi connectivity index (χ3v) is 3.86. The van der Waals surface area contributed by atoms with Crippen LogP contribution in [0.3, 0.4) is 0 Å². The molecular weight excluding hydrogens is 188 g/mol. The van der Waals surface area contributed by atoms with Gasteiger partial charge < -0.3 is 5.73 Å². The summed E-state index contributed by atoms with van der Waals surface area (Å²) in [6.07, 6.45) is 5.51. The Balaban J connectivity index is 1.82. The molecule has 1 aromatic rings. The molecule has 2 aliphatic rings. The number of anilines is 1. The largest absolute Gasteiger partial charge is 0.382 e. The first-order valence-electron chi connectivity index (χ1n) is 5.80. The molecular formula is C11H18N4. The number of rotatable bonds is 1. The van der Waals surface area contributed by atoms with Gasteiger partial charge in [0.15, 0.2) is 0 Å². The van der Waals surface area contributed by atoms with Gasteiger partial charge in [-0.15, -0.1) is 0 Å². The summed E-state index contributed by atoms with van der Waals surface area (Å²) in [4.78, 5) is 2.57. The van der Waals surface area contributed by atoms with Gasteiger partial charge in [-0.2, -0.15) is 5.10 Å². The van der Waals surface area contributed by atoms with Crippen LogP contribution in [-0.4, -0.2) is 20.7 Å². The molecule has 4 nitrogen and oxygen atoms in total. The monoisotopic (exact) mass is 206 g/mol. The lowest BCUT2D eigenvalue weighted by molar-refractivity contribution is 0.198. The minimum Gasteiger partial charge on any atom is -0.382 e. The lowest BCUT2D eigenvalue weighted by Gasteiger charge is -2.23. The summed E-state index contributed by atoms with van der Waals surface area (Å²) in [5.41, 5.74) is 8.48. The maximum absolute atomic E-state index is 5.90. The van der Waals surface area contributed by atoms with Crippen molar-refractivity contribution in [1.82, 2.24) is 14.7 Å². The quantitative estimate of drug-likeness (QED) is 0.752. The molecule has 0 radical (unpaired) electrons. The van der Waals surface area contributed by atoms with Crippen LogP contribution < -0.4 is 5.73 Å². The number of fused-ring (bicyclic) bond motifs is 1. The van der Waals surface area contributed by atoms with E-state index in [0.717, 1.165) is 24.9 Å². The second-order valence-corrected chi connectivity index (χ2v) is 4.78. The van der Waals surface area contributed by atoms with Gasteiger partial charge in [-0.05, 0) is 12.8 Å². The first kappa shape index (κ1) is 9.21. The van der Waals surface area contributed by atoms with Crippen molar-refractivity contribution >= 4 is 5.82 Å². The zero-order chi connectivity index (χ0) is 10.4.